The highest BCUT2D eigenvalue weighted by molar-refractivity contribution is 9.10. The molecule has 1 saturated heterocycles. The molecule has 2 heterocycles. The monoisotopic (exact) mass is 356 g/mol. The summed E-state index contributed by atoms with van der Waals surface area (Å²) in [5, 5.41) is 8.21. The summed E-state index contributed by atoms with van der Waals surface area (Å²) in [6, 6.07) is 0.275. The van der Waals surface area contributed by atoms with Gasteiger partial charge in [0.05, 0.1) is 22.4 Å². The van der Waals surface area contributed by atoms with Crippen LogP contribution in [0.25, 0.3) is 0 Å². The molecule has 21 heavy (non-hydrogen) atoms. The fraction of sp³-hybridized carbons (Fsp3) is 0.812. The standard InChI is InChI=1S/C16H29BrN4/c1-5-18-15(14-13(17)12-19-21(14)6-2)16(3,4)20-10-8-7-9-11-20/h12,15,18H,5-11H2,1-4H3. The number of rotatable bonds is 6. The molecule has 0 aromatic carbocycles. The average molecular weight is 357 g/mol. The number of nitrogens with one attached hydrogen (secondary N) is 1. The molecule has 1 unspecified atom stereocenters. The maximum Gasteiger partial charge on any atom is 0.0714 e. The van der Waals surface area contributed by atoms with Crippen LogP contribution in [-0.2, 0) is 6.54 Å². The summed E-state index contributed by atoms with van der Waals surface area (Å²) in [6.07, 6.45) is 5.93. The molecule has 2 rings (SSSR count). The van der Waals surface area contributed by atoms with E-state index in [0.29, 0.717) is 0 Å². The average Bonchev–Trinajstić information content (AvgIpc) is 2.86. The molecular formula is C16H29BrN4. The Balaban J connectivity index is 2.34. The topological polar surface area (TPSA) is 33.1 Å². The van der Waals surface area contributed by atoms with Crippen LogP contribution in [0.3, 0.4) is 0 Å². The normalized spacial score (nSPS) is 18.9. The molecule has 1 N–H and O–H groups in total. The first-order valence-electron chi connectivity index (χ1n) is 8.22. The van der Waals surface area contributed by atoms with Gasteiger partial charge in [0.15, 0.2) is 0 Å². The fourth-order valence-corrected chi connectivity index (χ4v) is 3.97. The van der Waals surface area contributed by atoms with Crippen LogP contribution < -0.4 is 5.32 Å². The van der Waals surface area contributed by atoms with Gasteiger partial charge < -0.3 is 5.32 Å². The van der Waals surface area contributed by atoms with Gasteiger partial charge in [-0.3, -0.25) is 9.58 Å². The molecule has 1 aromatic rings. The van der Waals surface area contributed by atoms with Crippen molar-refractivity contribution in [3.8, 4) is 0 Å². The van der Waals surface area contributed by atoms with Crippen molar-refractivity contribution in [1.29, 1.82) is 0 Å². The summed E-state index contributed by atoms with van der Waals surface area (Å²) in [5.41, 5.74) is 1.35. The molecular weight excluding hydrogens is 328 g/mol. The summed E-state index contributed by atoms with van der Waals surface area (Å²) in [6.45, 7) is 13.3. The second kappa shape index (κ2) is 7.25. The minimum Gasteiger partial charge on any atom is -0.307 e. The SMILES string of the molecule is CCNC(c1c(Br)cnn1CC)C(C)(C)N1CCCCC1. The fourth-order valence-electron chi connectivity index (χ4n) is 3.45. The number of likely N-dealkylation sites (N-methyl/N-ethyl adjacent to an activating group) is 1. The van der Waals surface area contributed by atoms with Crippen LogP contribution in [0, 0.1) is 0 Å². The van der Waals surface area contributed by atoms with Gasteiger partial charge in [-0.15, -0.1) is 0 Å². The Labute approximate surface area is 137 Å². The van der Waals surface area contributed by atoms with E-state index in [2.05, 4.69) is 63.6 Å². The second-order valence-electron chi connectivity index (χ2n) is 6.39. The number of aryl methyl sites for hydroxylation is 1. The van der Waals surface area contributed by atoms with Gasteiger partial charge in [-0.2, -0.15) is 5.10 Å². The molecule has 0 radical (unpaired) electrons. The van der Waals surface area contributed by atoms with E-state index >= 15 is 0 Å². The van der Waals surface area contributed by atoms with E-state index in [4.69, 9.17) is 0 Å². The lowest BCUT2D eigenvalue weighted by molar-refractivity contribution is 0.0582. The highest BCUT2D eigenvalue weighted by Gasteiger charge is 2.39. The number of halogens is 1. The predicted octanol–water partition coefficient (Wildman–Crippen LogP) is 3.58. The van der Waals surface area contributed by atoms with Gasteiger partial charge in [0.25, 0.3) is 0 Å². The summed E-state index contributed by atoms with van der Waals surface area (Å²) in [4.78, 5) is 2.64. The van der Waals surface area contributed by atoms with Crippen LogP contribution in [0.2, 0.25) is 0 Å². The van der Waals surface area contributed by atoms with Gasteiger partial charge in [-0.05, 0) is 69.2 Å². The van der Waals surface area contributed by atoms with E-state index in [1.165, 1.54) is 38.0 Å². The third-order valence-corrected chi connectivity index (χ3v) is 5.30. The molecule has 0 saturated carbocycles. The third-order valence-electron chi connectivity index (χ3n) is 4.69. The predicted molar refractivity (Wildman–Crippen MR) is 91.5 cm³/mol. The van der Waals surface area contributed by atoms with Crippen molar-refractivity contribution in [2.75, 3.05) is 19.6 Å². The molecule has 1 aromatic heterocycles. The Kier molecular flexibility index (Phi) is 5.86. The number of piperidine rings is 1. The Morgan fingerprint density at radius 2 is 1.95 bits per heavy atom. The van der Waals surface area contributed by atoms with E-state index in [9.17, 15) is 0 Å². The largest absolute Gasteiger partial charge is 0.307 e. The summed E-state index contributed by atoms with van der Waals surface area (Å²) in [7, 11) is 0. The lowest BCUT2D eigenvalue weighted by Gasteiger charge is -2.46. The summed E-state index contributed by atoms with van der Waals surface area (Å²) >= 11 is 3.70. The Morgan fingerprint density at radius 3 is 2.52 bits per heavy atom. The number of likely N-dealkylation sites (tertiary alicyclic amines) is 1. The molecule has 4 nitrogen and oxygen atoms in total. The number of nitrogens with zero attached hydrogens (tertiary/aromatic N) is 3. The van der Waals surface area contributed by atoms with E-state index in [1.54, 1.807) is 0 Å². The van der Waals surface area contributed by atoms with Crippen LogP contribution in [0.5, 0.6) is 0 Å². The van der Waals surface area contributed by atoms with Crippen molar-refractivity contribution in [3.05, 3.63) is 16.4 Å². The van der Waals surface area contributed by atoms with E-state index in [-0.39, 0.29) is 11.6 Å². The number of hydrogen-bond donors (Lipinski definition) is 1. The molecule has 0 aliphatic carbocycles. The smallest absolute Gasteiger partial charge is 0.0714 e. The van der Waals surface area contributed by atoms with Crippen LogP contribution in [0.15, 0.2) is 10.7 Å². The second-order valence-corrected chi connectivity index (χ2v) is 7.24. The maximum atomic E-state index is 4.51. The summed E-state index contributed by atoms with van der Waals surface area (Å²) < 4.78 is 3.23. The van der Waals surface area contributed by atoms with E-state index in [1.807, 2.05) is 6.20 Å². The quantitative estimate of drug-likeness (QED) is 0.845. The van der Waals surface area contributed by atoms with Gasteiger partial charge in [0.2, 0.25) is 0 Å². The molecule has 120 valence electrons. The zero-order valence-corrected chi connectivity index (χ0v) is 15.4. The van der Waals surface area contributed by atoms with Gasteiger partial charge in [0, 0.05) is 12.1 Å². The highest BCUT2D eigenvalue weighted by atomic mass is 79.9. The molecule has 0 spiro atoms. The molecule has 1 fully saturated rings. The molecule has 5 heteroatoms. The first-order valence-corrected chi connectivity index (χ1v) is 9.01. The van der Waals surface area contributed by atoms with Crippen LogP contribution in [0.4, 0.5) is 0 Å². The first-order chi connectivity index (χ1) is 10.0. The van der Waals surface area contributed by atoms with Crippen molar-refractivity contribution in [2.45, 2.75) is 65.1 Å². The highest BCUT2D eigenvalue weighted by Crippen LogP contribution is 2.36. The Morgan fingerprint density at radius 1 is 1.29 bits per heavy atom. The van der Waals surface area contributed by atoms with Gasteiger partial charge in [-0.1, -0.05) is 13.3 Å². The number of hydrogen-bond acceptors (Lipinski definition) is 3. The summed E-state index contributed by atoms with van der Waals surface area (Å²) in [5.74, 6) is 0. The van der Waals surface area contributed by atoms with Gasteiger partial charge >= 0.3 is 0 Å². The lowest BCUT2D eigenvalue weighted by atomic mass is 9.87. The van der Waals surface area contributed by atoms with Crippen molar-refractivity contribution < 1.29 is 0 Å². The minimum atomic E-state index is 0.0753. The molecule has 1 atom stereocenters. The van der Waals surface area contributed by atoms with Crippen LogP contribution in [-0.4, -0.2) is 39.9 Å². The molecule has 1 aliphatic heterocycles. The van der Waals surface area contributed by atoms with Gasteiger partial charge in [0.1, 0.15) is 0 Å². The third kappa shape index (κ3) is 3.51. The van der Waals surface area contributed by atoms with Crippen molar-refractivity contribution in [2.24, 2.45) is 0 Å². The first kappa shape index (κ1) is 17.0. The zero-order chi connectivity index (χ0) is 15.5. The van der Waals surface area contributed by atoms with Crippen LogP contribution in [0.1, 0.15) is 58.7 Å². The zero-order valence-electron chi connectivity index (χ0n) is 13.8. The van der Waals surface area contributed by atoms with Gasteiger partial charge in [-0.25, -0.2) is 0 Å². The Hall–Kier alpha value is -0.390. The van der Waals surface area contributed by atoms with Crippen LogP contribution >= 0.6 is 15.9 Å². The van der Waals surface area contributed by atoms with Crippen molar-refractivity contribution >= 4 is 15.9 Å². The maximum absolute atomic E-state index is 4.51. The van der Waals surface area contributed by atoms with Crippen molar-refractivity contribution in [3.63, 3.8) is 0 Å². The van der Waals surface area contributed by atoms with E-state index in [0.717, 1.165) is 17.6 Å². The molecule has 0 amide bonds. The van der Waals surface area contributed by atoms with E-state index < -0.39 is 0 Å². The number of aromatic nitrogens is 2. The molecule has 0 bridgehead atoms. The minimum absolute atomic E-state index is 0.0753. The lowest BCUT2D eigenvalue weighted by Crippen LogP contribution is -2.54. The van der Waals surface area contributed by atoms with Crippen molar-refractivity contribution in [1.82, 2.24) is 20.0 Å². The Bertz CT molecular complexity index is 449. The molecule has 1 aliphatic rings.